The molecule has 3 aromatic rings. The highest BCUT2D eigenvalue weighted by atomic mass is 35.5. The Balaban J connectivity index is 1.61. The molecule has 26 heavy (non-hydrogen) atoms. The van der Waals surface area contributed by atoms with Crippen LogP contribution in [-0.4, -0.2) is 21.4 Å². The van der Waals surface area contributed by atoms with Crippen LogP contribution >= 0.6 is 23.2 Å². The zero-order valence-corrected chi connectivity index (χ0v) is 15.5. The molecule has 0 radical (unpaired) electrons. The molecule has 0 fully saturated rings. The number of nitrogens with zero attached hydrogens (tertiary/aromatic N) is 2. The zero-order valence-electron chi connectivity index (χ0n) is 14.0. The Morgan fingerprint density at radius 2 is 1.92 bits per heavy atom. The third-order valence-corrected chi connectivity index (χ3v) is 5.20. The van der Waals surface area contributed by atoms with E-state index in [9.17, 15) is 4.79 Å². The molecular formula is C20H17Cl2N3O. The van der Waals surface area contributed by atoms with Crippen LogP contribution in [0.2, 0.25) is 10.0 Å². The van der Waals surface area contributed by atoms with Gasteiger partial charge >= 0.3 is 0 Å². The molecule has 0 aliphatic carbocycles. The van der Waals surface area contributed by atoms with Gasteiger partial charge in [0.05, 0.1) is 5.69 Å². The summed E-state index contributed by atoms with van der Waals surface area (Å²) in [6, 6.07) is 15.2. The zero-order chi connectivity index (χ0) is 18.1. The number of aromatic amines is 1. The van der Waals surface area contributed by atoms with Crippen LogP contribution in [0.3, 0.4) is 0 Å². The van der Waals surface area contributed by atoms with Crippen LogP contribution in [0.25, 0.3) is 11.4 Å². The van der Waals surface area contributed by atoms with Crippen molar-refractivity contribution < 1.29 is 0 Å². The Labute approximate surface area is 161 Å². The molecule has 0 unspecified atom stereocenters. The smallest absolute Gasteiger partial charge is 0.254 e. The molecule has 1 aliphatic rings. The number of halogens is 2. The van der Waals surface area contributed by atoms with Gasteiger partial charge in [0.15, 0.2) is 0 Å². The van der Waals surface area contributed by atoms with Crippen LogP contribution in [0.15, 0.2) is 53.3 Å². The number of rotatable bonds is 3. The molecule has 0 saturated heterocycles. The molecule has 132 valence electrons. The highest BCUT2D eigenvalue weighted by molar-refractivity contribution is 6.35. The van der Waals surface area contributed by atoms with E-state index in [2.05, 4.69) is 9.88 Å². The topological polar surface area (TPSA) is 49.0 Å². The van der Waals surface area contributed by atoms with Crippen molar-refractivity contribution in [3.8, 4) is 11.4 Å². The molecule has 0 spiro atoms. The normalized spacial score (nSPS) is 14.2. The Hall–Kier alpha value is -2.14. The van der Waals surface area contributed by atoms with E-state index in [1.54, 1.807) is 6.07 Å². The summed E-state index contributed by atoms with van der Waals surface area (Å²) in [6.45, 7) is 2.12. The van der Waals surface area contributed by atoms with Gasteiger partial charge in [0.2, 0.25) is 0 Å². The van der Waals surface area contributed by atoms with Crippen molar-refractivity contribution in [2.24, 2.45) is 0 Å². The van der Waals surface area contributed by atoms with Crippen LogP contribution in [0, 0.1) is 0 Å². The first-order valence-electron chi connectivity index (χ1n) is 8.44. The molecule has 1 N–H and O–H groups in total. The first kappa shape index (κ1) is 17.3. The van der Waals surface area contributed by atoms with Crippen LogP contribution in [0.4, 0.5) is 0 Å². The molecule has 4 nitrogen and oxygen atoms in total. The fourth-order valence-corrected chi connectivity index (χ4v) is 3.72. The van der Waals surface area contributed by atoms with Gasteiger partial charge in [-0.3, -0.25) is 9.69 Å². The maximum absolute atomic E-state index is 12.5. The number of nitrogens with one attached hydrogen (secondary N) is 1. The van der Waals surface area contributed by atoms with Crippen molar-refractivity contribution in [3.63, 3.8) is 0 Å². The Bertz CT molecular complexity index is 1000. The number of H-pyrrole nitrogens is 1. The summed E-state index contributed by atoms with van der Waals surface area (Å²) in [6.07, 6.45) is 0.679. The lowest BCUT2D eigenvalue weighted by molar-refractivity contribution is 0.240. The van der Waals surface area contributed by atoms with Gasteiger partial charge in [-0.05, 0) is 24.1 Å². The predicted octanol–water partition coefficient (Wildman–Crippen LogP) is 4.30. The second-order valence-corrected chi connectivity index (χ2v) is 7.25. The number of benzene rings is 2. The van der Waals surface area contributed by atoms with E-state index < -0.39 is 0 Å². The molecule has 2 aromatic carbocycles. The highest BCUT2D eigenvalue weighted by Gasteiger charge is 2.22. The largest absolute Gasteiger partial charge is 0.306 e. The predicted molar refractivity (Wildman–Crippen MR) is 105 cm³/mol. The molecule has 2 heterocycles. The fourth-order valence-electron chi connectivity index (χ4n) is 3.25. The van der Waals surface area contributed by atoms with Gasteiger partial charge in [0.1, 0.15) is 5.82 Å². The van der Waals surface area contributed by atoms with Crippen molar-refractivity contribution >= 4 is 23.2 Å². The summed E-state index contributed by atoms with van der Waals surface area (Å²) in [4.78, 5) is 22.3. The Kier molecular flexibility index (Phi) is 4.81. The molecule has 1 aliphatic heterocycles. The van der Waals surface area contributed by atoms with E-state index in [0.717, 1.165) is 28.9 Å². The van der Waals surface area contributed by atoms with Crippen LogP contribution in [0.5, 0.6) is 0 Å². The van der Waals surface area contributed by atoms with E-state index in [4.69, 9.17) is 28.2 Å². The number of fused-ring (bicyclic) bond motifs is 1. The van der Waals surface area contributed by atoms with Gasteiger partial charge in [-0.25, -0.2) is 4.98 Å². The Morgan fingerprint density at radius 3 is 2.69 bits per heavy atom. The van der Waals surface area contributed by atoms with Crippen LogP contribution in [0.1, 0.15) is 16.8 Å². The van der Waals surface area contributed by atoms with Gasteiger partial charge < -0.3 is 4.98 Å². The number of aromatic nitrogens is 2. The maximum atomic E-state index is 12.5. The van der Waals surface area contributed by atoms with Crippen molar-refractivity contribution in [1.29, 1.82) is 0 Å². The summed E-state index contributed by atoms with van der Waals surface area (Å²) in [7, 11) is 0. The minimum atomic E-state index is -0.0435. The molecule has 0 atom stereocenters. The second kappa shape index (κ2) is 7.23. The van der Waals surface area contributed by atoms with Gasteiger partial charge in [0.25, 0.3) is 5.56 Å². The average molecular weight is 386 g/mol. The number of hydrogen-bond donors (Lipinski definition) is 1. The maximum Gasteiger partial charge on any atom is 0.254 e. The highest BCUT2D eigenvalue weighted by Crippen LogP contribution is 2.25. The summed E-state index contributed by atoms with van der Waals surface area (Å²) < 4.78 is 0. The molecular weight excluding hydrogens is 369 g/mol. The molecule has 0 saturated carbocycles. The minimum absolute atomic E-state index is 0.0435. The van der Waals surface area contributed by atoms with Gasteiger partial charge in [-0.15, -0.1) is 0 Å². The van der Waals surface area contributed by atoms with Crippen molar-refractivity contribution in [2.75, 3.05) is 6.54 Å². The van der Waals surface area contributed by atoms with Crippen LogP contribution in [-0.2, 0) is 19.5 Å². The van der Waals surface area contributed by atoms with Crippen molar-refractivity contribution in [1.82, 2.24) is 14.9 Å². The van der Waals surface area contributed by atoms with E-state index >= 15 is 0 Å². The monoisotopic (exact) mass is 385 g/mol. The first-order chi connectivity index (χ1) is 12.6. The quantitative estimate of drug-likeness (QED) is 0.730. The average Bonchev–Trinajstić information content (AvgIpc) is 2.64. The third kappa shape index (κ3) is 3.54. The SMILES string of the molecule is O=c1[nH]c(-c2ccccc2)nc2c1CCN(Cc1ccc(Cl)cc1Cl)C2. The second-order valence-electron chi connectivity index (χ2n) is 6.40. The third-order valence-electron chi connectivity index (χ3n) is 4.61. The molecule has 1 aromatic heterocycles. The van der Waals surface area contributed by atoms with E-state index in [-0.39, 0.29) is 5.56 Å². The lowest BCUT2D eigenvalue weighted by atomic mass is 10.0. The summed E-state index contributed by atoms with van der Waals surface area (Å²) in [5.74, 6) is 0.612. The van der Waals surface area contributed by atoms with E-state index in [1.165, 1.54) is 0 Å². The van der Waals surface area contributed by atoms with Crippen LogP contribution < -0.4 is 5.56 Å². The van der Waals surface area contributed by atoms with E-state index in [1.807, 2.05) is 42.5 Å². The minimum Gasteiger partial charge on any atom is -0.306 e. The molecule has 0 bridgehead atoms. The standard InChI is InChI=1S/C20H17Cl2N3O/c21-15-7-6-14(17(22)10-15)11-25-9-8-16-18(12-25)23-19(24-20(16)26)13-4-2-1-3-5-13/h1-7,10H,8-9,11-12H2,(H,23,24,26). The molecule has 4 rings (SSSR count). The molecule has 0 amide bonds. The molecule has 6 heteroatoms. The lowest BCUT2D eigenvalue weighted by Crippen LogP contribution is -2.35. The van der Waals surface area contributed by atoms with Gasteiger partial charge in [0, 0.05) is 40.8 Å². The number of hydrogen-bond acceptors (Lipinski definition) is 3. The van der Waals surface area contributed by atoms with Gasteiger partial charge in [-0.1, -0.05) is 59.6 Å². The van der Waals surface area contributed by atoms with Crippen molar-refractivity contribution in [3.05, 3.63) is 85.8 Å². The van der Waals surface area contributed by atoms with Gasteiger partial charge in [-0.2, -0.15) is 0 Å². The van der Waals surface area contributed by atoms with Crippen molar-refractivity contribution in [2.45, 2.75) is 19.5 Å². The summed E-state index contributed by atoms with van der Waals surface area (Å²) in [5, 5.41) is 1.29. The fraction of sp³-hybridized carbons (Fsp3) is 0.200. The summed E-state index contributed by atoms with van der Waals surface area (Å²) >= 11 is 12.3. The first-order valence-corrected chi connectivity index (χ1v) is 9.19. The Morgan fingerprint density at radius 1 is 1.12 bits per heavy atom. The summed E-state index contributed by atoms with van der Waals surface area (Å²) in [5.41, 5.74) is 3.50. The van der Waals surface area contributed by atoms with E-state index in [0.29, 0.717) is 35.4 Å². The lowest BCUT2D eigenvalue weighted by Gasteiger charge is -2.28.